The Bertz CT molecular complexity index is 599. The SMILES string of the molecule is CC[C@H](O[Si](C)(CO)C(C)(C)C)n1cc([N+](=O)[O-])nc1[N+](=O)[O-]. The number of rotatable bonds is 7. The van der Waals surface area contributed by atoms with Crippen molar-refractivity contribution in [2.24, 2.45) is 0 Å². The summed E-state index contributed by atoms with van der Waals surface area (Å²) in [5.74, 6) is -1.26. The molecule has 1 unspecified atom stereocenters. The van der Waals surface area contributed by atoms with E-state index in [-0.39, 0.29) is 11.3 Å². The zero-order chi connectivity index (χ0) is 18.0. The fourth-order valence-electron chi connectivity index (χ4n) is 1.89. The summed E-state index contributed by atoms with van der Waals surface area (Å²) in [6.45, 7) is 9.34. The Morgan fingerprint density at radius 3 is 2.30 bits per heavy atom. The molecule has 0 aliphatic heterocycles. The molecule has 11 heteroatoms. The number of hydrogen-bond donors (Lipinski definition) is 1. The first-order chi connectivity index (χ1) is 10.5. The van der Waals surface area contributed by atoms with E-state index in [0.717, 1.165) is 10.8 Å². The molecule has 0 amide bonds. The smallest absolute Gasteiger partial charge is 0.397 e. The van der Waals surface area contributed by atoms with E-state index in [2.05, 4.69) is 4.98 Å². The normalized spacial score (nSPS) is 15.9. The first-order valence-electron chi connectivity index (χ1n) is 7.13. The summed E-state index contributed by atoms with van der Waals surface area (Å²) in [6.07, 6.45) is 0.367. The molecule has 0 saturated carbocycles. The van der Waals surface area contributed by atoms with Gasteiger partial charge in [-0.1, -0.05) is 27.7 Å². The highest BCUT2D eigenvalue weighted by Gasteiger charge is 2.45. The van der Waals surface area contributed by atoms with Gasteiger partial charge in [-0.05, 0) is 26.4 Å². The highest BCUT2D eigenvalue weighted by Crippen LogP contribution is 2.40. The van der Waals surface area contributed by atoms with Crippen LogP contribution in [0.15, 0.2) is 6.20 Å². The van der Waals surface area contributed by atoms with Gasteiger partial charge in [0.15, 0.2) is 12.4 Å². The average Bonchev–Trinajstić information content (AvgIpc) is 2.88. The van der Waals surface area contributed by atoms with Crippen LogP contribution in [0.25, 0.3) is 0 Å². The summed E-state index contributed by atoms with van der Waals surface area (Å²) in [5, 5.41) is 31.4. The van der Waals surface area contributed by atoms with Crippen LogP contribution >= 0.6 is 0 Å². The summed E-state index contributed by atoms with van der Waals surface area (Å²) in [7, 11) is -2.65. The quantitative estimate of drug-likeness (QED) is 0.455. The van der Waals surface area contributed by atoms with E-state index >= 15 is 0 Å². The van der Waals surface area contributed by atoms with Crippen LogP contribution in [-0.2, 0) is 4.43 Å². The Morgan fingerprint density at radius 2 is 1.96 bits per heavy atom. The molecule has 1 rings (SSSR count). The van der Waals surface area contributed by atoms with Gasteiger partial charge in [0, 0.05) is 6.42 Å². The molecule has 2 atom stereocenters. The third kappa shape index (κ3) is 3.92. The number of imidazole rings is 1. The van der Waals surface area contributed by atoms with E-state index in [9.17, 15) is 25.3 Å². The highest BCUT2D eigenvalue weighted by atomic mass is 28.4. The van der Waals surface area contributed by atoms with Gasteiger partial charge in [0.2, 0.25) is 8.32 Å². The molecular formula is C12H22N4O6Si. The summed E-state index contributed by atoms with van der Waals surface area (Å²) in [4.78, 5) is 23.8. The number of nitro groups is 2. The van der Waals surface area contributed by atoms with Crippen LogP contribution in [0.5, 0.6) is 0 Å². The topological polar surface area (TPSA) is 134 Å². The van der Waals surface area contributed by atoms with Crippen LogP contribution in [0.4, 0.5) is 11.8 Å². The second-order valence-electron chi connectivity index (χ2n) is 6.44. The molecule has 0 aliphatic carbocycles. The maximum atomic E-state index is 11.1. The molecule has 0 aromatic carbocycles. The predicted octanol–water partition coefficient (Wildman–Crippen LogP) is 2.53. The number of aromatic nitrogens is 2. The lowest BCUT2D eigenvalue weighted by molar-refractivity contribution is -0.404. The average molecular weight is 346 g/mol. The molecule has 1 heterocycles. The molecule has 1 N–H and O–H groups in total. The summed E-state index contributed by atoms with van der Waals surface area (Å²) < 4.78 is 7.12. The van der Waals surface area contributed by atoms with Crippen molar-refractivity contribution in [1.29, 1.82) is 0 Å². The Labute approximate surface area is 134 Å². The van der Waals surface area contributed by atoms with Gasteiger partial charge in [-0.25, -0.2) is 0 Å². The van der Waals surface area contributed by atoms with Crippen LogP contribution in [0.3, 0.4) is 0 Å². The number of aliphatic hydroxyl groups is 1. The molecule has 10 nitrogen and oxygen atoms in total. The monoisotopic (exact) mass is 346 g/mol. The van der Waals surface area contributed by atoms with Crippen molar-refractivity contribution < 1.29 is 19.4 Å². The predicted molar refractivity (Wildman–Crippen MR) is 84.4 cm³/mol. The zero-order valence-electron chi connectivity index (χ0n) is 13.8. The minimum Gasteiger partial charge on any atom is -0.397 e. The maximum Gasteiger partial charge on any atom is 0.441 e. The lowest BCUT2D eigenvalue weighted by Crippen LogP contribution is -2.49. The van der Waals surface area contributed by atoms with E-state index < -0.39 is 36.2 Å². The van der Waals surface area contributed by atoms with Crippen molar-refractivity contribution in [2.75, 3.05) is 6.23 Å². The molecule has 130 valence electrons. The van der Waals surface area contributed by atoms with Crippen molar-refractivity contribution in [3.05, 3.63) is 26.4 Å². The molecule has 0 aliphatic rings. The fourth-order valence-corrected chi connectivity index (χ4v) is 3.68. The Kier molecular flexibility index (Phi) is 5.61. The number of hydrogen-bond acceptors (Lipinski definition) is 7. The van der Waals surface area contributed by atoms with Crippen molar-refractivity contribution in [3.8, 4) is 0 Å². The third-order valence-electron chi connectivity index (χ3n) is 3.99. The van der Waals surface area contributed by atoms with Crippen LogP contribution in [-0.4, -0.2) is 39.1 Å². The van der Waals surface area contributed by atoms with Gasteiger partial charge in [-0.2, -0.15) is 4.57 Å². The van der Waals surface area contributed by atoms with Crippen molar-refractivity contribution in [2.45, 2.75) is 51.9 Å². The first-order valence-corrected chi connectivity index (χ1v) is 9.74. The van der Waals surface area contributed by atoms with E-state index in [1.54, 1.807) is 6.92 Å². The van der Waals surface area contributed by atoms with Crippen molar-refractivity contribution in [3.63, 3.8) is 0 Å². The van der Waals surface area contributed by atoms with Crippen LogP contribution in [0.2, 0.25) is 11.6 Å². The van der Waals surface area contributed by atoms with Gasteiger partial charge in [0.1, 0.15) is 0 Å². The van der Waals surface area contributed by atoms with Crippen LogP contribution in [0, 0.1) is 20.2 Å². The minimum absolute atomic E-state index is 0.169. The molecule has 0 radical (unpaired) electrons. The summed E-state index contributed by atoms with van der Waals surface area (Å²) in [6, 6.07) is 0. The lowest BCUT2D eigenvalue weighted by Gasteiger charge is -2.39. The molecule has 0 fully saturated rings. The second-order valence-corrected chi connectivity index (χ2v) is 11.0. The lowest BCUT2D eigenvalue weighted by atomic mass is 10.2. The standard InChI is InChI=1S/C12H22N4O6Si/c1-6-10(22-23(5,8-17)12(2,3)4)14-7-9(15(18)19)13-11(14)16(20)21/h7,10,17H,6,8H2,1-5H3/t10-,23?/m0/s1. The van der Waals surface area contributed by atoms with Gasteiger partial charge in [0.05, 0.1) is 6.23 Å². The van der Waals surface area contributed by atoms with E-state index in [4.69, 9.17) is 4.43 Å². The van der Waals surface area contributed by atoms with E-state index in [0.29, 0.717) is 6.42 Å². The molecule has 1 aromatic rings. The molecule has 1 aromatic heterocycles. The Morgan fingerprint density at radius 1 is 1.39 bits per heavy atom. The van der Waals surface area contributed by atoms with Gasteiger partial charge >= 0.3 is 11.8 Å². The van der Waals surface area contributed by atoms with E-state index in [1.165, 1.54) is 0 Å². The molecule has 0 bridgehead atoms. The number of nitrogens with zero attached hydrogens (tertiary/aromatic N) is 4. The fraction of sp³-hybridized carbons (Fsp3) is 0.750. The number of aliphatic hydroxyl groups excluding tert-OH is 1. The molecular weight excluding hydrogens is 324 g/mol. The second kappa shape index (κ2) is 6.72. The Hall–Kier alpha value is -1.85. The van der Waals surface area contributed by atoms with Gasteiger partial charge in [0.25, 0.3) is 0 Å². The van der Waals surface area contributed by atoms with Gasteiger partial charge < -0.3 is 29.8 Å². The third-order valence-corrected chi connectivity index (χ3v) is 8.56. The summed E-state index contributed by atoms with van der Waals surface area (Å²) >= 11 is 0. The minimum atomic E-state index is -2.65. The largest absolute Gasteiger partial charge is 0.441 e. The summed E-state index contributed by atoms with van der Waals surface area (Å²) in [5.41, 5.74) is 0. The van der Waals surface area contributed by atoms with Crippen molar-refractivity contribution in [1.82, 2.24) is 9.55 Å². The highest BCUT2D eigenvalue weighted by molar-refractivity contribution is 6.75. The van der Waals surface area contributed by atoms with Crippen LogP contribution in [0.1, 0.15) is 40.3 Å². The van der Waals surface area contributed by atoms with Crippen LogP contribution < -0.4 is 0 Å². The zero-order valence-corrected chi connectivity index (χ0v) is 14.8. The first kappa shape index (κ1) is 19.2. The Balaban J connectivity index is 3.30. The maximum absolute atomic E-state index is 11.1. The molecule has 23 heavy (non-hydrogen) atoms. The van der Waals surface area contributed by atoms with Gasteiger partial charge in [-0.3, -0.25) is 0 Å². The van der Waals surface area contributed by atoms with E-state index in [1.807, 2.05) is 27.3 Å². The molecule has 0 spiro atoms. The molecule has 0 saturated heterocycles. The van der Waals surface area contributed by atoms with Crippen molar-refractivity contribution >= 4 is 20.1 Å². The van der Waals surface area contributed by atoms with Gasteiger partial charge in [-0.15, -0.1) is 0 Å².